The van der Waals surface area contributed by atoms with Crippen LogP contribution >= 0.6 is 0 Å². The van der Waals surface area contributed by atoms with E-state index in [1.165, 1.54) is 5.69 Å². The molecule has 2 rings (SSSR count). The topological polar surface area (TPSA) is 31.4 Å². The van der Waals surface area contributed by atoms with Gasteiger partial charge in [-0.05, 0) is 46.0 Å². The lowest BCUT2D eigenvalue weighted by atomic mass is 10.1. The monoisotopic (exact) mass is 276 g/mol. The molecule has 2 atom stereocenters. The normalized spacial score (nSPS) is 24.1. The standard InChI is InChI=1S/C16H28N4/c1-5-7-17-10-15-9-16(6-8-18-15)20-11-13(2)19(4)14(3)12-20/h6,8-9,13-14,17H,5,7,10-12H2,1-4H3. The molecule has 1 aliphatic heterocycles. The van der Waals surface area contributed by atoms with Crippen LogP contribution in [0.1, 0.15) is 32.9 Å². The lowest BCUT2D eigenvalue weighted by Crippen LogP contribution is -2.55. The zero-order valence-corrected chi connectivity index (χ0v) is 13.3. The number of likely N-dealkylation sites (N-methyl/N-ethyl adjacent to an activating group) is 1. The summed E-state index contributed by atoms with van der Waals surface area (Å²) >= 11 is 0. The first-order valence-corrected chi connectivity index (χ1v) is 7.74. The van der Waals surface area contributed by atoms with Gasteiger partial charge >= 0.3 is 0 Å². The highest BCUT2D eigenvalue weighted by Crippen LogP contribution is 2.21. The van der Waals surface area contributed by atoms with Gasteiger partial charge in [0.2, 0.25) is 0 Å². The molecule has 0 amide bonds. The first-order valence-electron chi connectivity index (χ1n) is 7.74. The van der Waals surface area contributed by atoms with Gasteiger partial charge in [-0.1, -0.05) is 6.92 Å². The molecule has 1 aromatic rings. The number of nitrogens with one attached hydrogen (secondary N) is 1. The minimum Gasteiger partial charge on any atom is -0.368 e. The molecule has 4 heteroatoms. The number of pyridine rings is 1. The quantitative estimate of drug-likeness (QED) is 0.835. The minimum atomic E-state index is 0.591. The van der Waals surface area contributed by atoms with Gasteiger partial charge in [-0.25, -0.2) is 0 Å². The largest absolute Gasteiger partial charge is 0.368 e. The van der Waals surface area contributed by atoms with E-state index in [-0.39, 0.29) is 0 Å². The minimum absolute atomic E-state index is 0.591. The van der Waals surface area contributed by atoms with Crippen molar-refractivity contribution in [2.24, 2.45) is 0 Å². The zero-order chi connectivity index (χ0) is 14.5. The molecule has 1 aromatic heterocycles. The summed E-state index contributed by atoms with van der Waals surface area (Å²) in [4.78, 5) is 9.41. The van der Waals surface area contributed by atoms with Gasteiger partial charge in [-0.3, -0.25) is 9.88 Å². The van der Waals surface area contributed by atoms with Crippen molar-refractivity contribution in [2.45, 2.75) is 45.8 Å². The summed E-state index contributed by atoms with van der Waals surface area (Å²) in [6.07, 6.45) is 3.10. The van der Waals surface area contributed by atoms with E-state index < -0.39 is 0 Å². The molecule has 0 radical (unpaired) electrons. The van der Waals surface area contributed by atoms with Crippen molar-refractivity contribution < 1.29 is 0 Å². The third-order valence-electron chi connectivity index (χ3n) is 4.26. The molecular weight excluding hydrogens is 248 g/mol. The lowest BCUT2D eigenvalue weighted by Gasteiger charge is -2.43. The highest BCUT2D eigenvalue weighted by Gasteiger charge is 2.26. The first-order chi connectivity index (χ1) is 9.61. The van der Waals surface area contributed by atoms with Gasteiger partial charge in [0, 0.05) is 43.6 Å². The van der Waals surface area contributed by atoms with E-state index in [0.717, 1.165) is 38.3 Å². The Morgan fingerprint density at radius 1 is 1.30 bits per heavy atom. The van der Waals surface area contributed by atoms with Crippen molar-refractivity contribution in [1.82, 2.24) is 15.2 Å². The van der Waals surface area contributed by atoms with Crippen LogP contribution in [0.2, 0.25) is 0 Å². The van der Waals surface area contributed by atoms with Crippen LogP contribution in [0.5, 0.6) is 0 Å². The molecule has 1 aliphatic rings. The van der Waals surface area contributed by atoms with Crippen LogP contribution < -0.4 is 10.2 Å². The molecular formula is C16H28N4. The van der Waals surface area contributed by atoms with Crippen LogP contribution in [0.25, 0.3) is 0 Å². The summed E-state index contributed by atoms with van der Waals surface area (Å²) < 4.78 is 0. The number of piperazine rings is 1. The molecule has 2 heterocycles. The summed E-state index contributed by atoms with van der Waals surface area (Å²) in [5.74, 6) is 0. The lowest BCUT2D eigenvalue weighted by molar-refractivity contribution is 0.170. The van der Waals surface area contributed by atoms with Gasteiger partial charge in [-0.15, -0.1) is 0 Å². The van der Waals surface area contributed by atoms with Crippen LogP contribution in [-0.2, 0) is 6.54 Å². The maximum absolute atomic E-state index is 4.46. The summed E-state index contributed by atoms with van der Waals surface area (Å²) in [6, 6.07) is 5.55. The van der Waals surface area contributed by atoms with E-state index in [0.29, 0.717) is 12.1 Å². The van der Waals surface area contributed by atoms with Gasteiger partial charge in [0.15, 0.2) is 0 Å². The molecule has 0 aliphatic carbocycles. The van der Waals surface area contributed by atoms with Crippen molar-refractivity contribution in [3.63, 3.8) is 0 Å². The second-order valence-electron chi connectivity index (χ2n) is 5.95. The fraction of sp³-hybridized carbons (Fsp3) is 0.688. The molecule has 1 saturated heterocycles. The van der Waals surface area contributed by atoms with Crippen LogP contribution in [0.3, 0.4) is 0 Å². The number of hydrogen-bond acceptors (Lipinski definition) is 4. The molecule has 2 unspecified atom stereocenters. The Bertz CT molecular complexity index is 409. The summed E-state index contributed by atoms with van der Waals surface area (Å²) in [5.41, 5.74) is 2.44. The fourth-order valence-electron chi connectivity index (χ4n) is 2.77. The second-order valence-corrected chi connectivity index (χ2v) is 5.95. The van der Waals surface area contributed by atoms with E-state index in [4.69, 9.17) is 0 Å². The average molecular weight is 276 g/mol. The highest BCUT2D eigenvalue weighted by molar-refractivity contribution is 5.47. The van der Waals surface area contributed by atoms with Crippen molar-refractivity contribution in [1.29, 1.82) is 0 Å². The summed E-state index contributed by atoms with van der Waals surface area (Å²) in [6.45, 7) is 10.9. The Labute approximate surface area is 123 Å². The van der Waals surface area contributed by atoms with Crippen molar-refractivity contribution in [3.8, 4) is 0 Å². The van der Waals surface area contributed by atoms with Crippen molar-refractivity contribution in [3.05, 3.63) is 24.0 Å². The number of rotatable bonds is 5. The predicted molar refractivity (Wildman–Crippen MR) is 85.1 cm³/mol. The molecule has 4 nitrogen and oxygen atoms in total. The van der Waals surface area contributed by atoms with E-state index in [1.807, 2.05) is 6.20 Å². The smallest absolute Gasteiger partial charge is 0.0562 e. The van der Waals surface area contributed by atoms with E-state index in [1.54, 1.807) is 0 Å². The predicted octanol–water partition coefficient (Wildman–Crippen LogP) is 2.11. The Morgan fingerprint density at radius 2 is 2.00 bits per heavy atom. The maximum atomic E-state index is 4.46. The molecule has 1 fully saturated rings. The van der Waals surface area contributed by atoms with Crippen molar-refractivity contribution in [2.75, 3.05) is 31.6 Å². The number of nitrogens with zero attached hydrogens (tertiary/aromatic N) is 3. The van der Waals surface area contributed by atoms with Crippen LogP contribution in [0, 0.1) is 0 Å². The molecule has 0 saturated carbocycles. The average Bonchev–Trinajstić information content (AvgIpc) is 2.45. The number of anilines is 1. The van der Waals surface area contributed by atoms with E-state index >= 15 is 0 Å². The van der Waals surface area contributed by atoms with Crippen LogP contribution in [0.15, 0.2) is 18.3 Å². The third-order valence-corrected chi connectivity index (χ3v) is 4.26. The van der Waals surface area contributed by atoms with E-state index in [2.05, 4.69) is 60.1 Å². The Kier molecular flexibility index (Phi) is 5.38. The van der Waals surface area contributed by atoms with Gasteiger partial charge in [0.05, 0.1) is 5.69 Å². The molecule has 0 aromatic carbocycles. The van der Waals surface area contributed by atoms with Crippen molar-refractivity contribution >= 4 is 5.69 Å². The van der Waals surface area contributed by atoms with Gasteiger partial charge < -0.3 is 10.2 Å². The Balaban J connectivity index is 2.03. The summed E-state index contributed by atoms with van der Waals surface area (Å²) in [7, 11) is 2.22. The van der Waals surface area contributed by atoms with Crippen LogP contribution in [0.4, 0.5) is 5.69 Å². The fourth-order valence-corrected chi connectivity index (χ4v) is 2.77. The van der Waals surface area contributed by atoms with Crippen LogP contribution in [-0.4, -0.2) is 48.6 Å². The Hall–Kier alpha value is -1.13. The third kappa shape index (κ3) is 3.70. The second kappa shape index (κ2) is 7.04. The van der Waals surface area contributed by atoms with Gasteiger partial charge in [0.25, 0.3) is 0 Å². The number of hydrogen-bond donors (Lipinski definition) is 1. The Morgan fingerprint density at radius 3 is 2.65 bits per heavy atom. The number of aromatic nitrogens is 1. The van der Waals surface area contributed by atoms with E-state index in [9.17, 15) is 0 Å². The molecule has 20 heavy (non-hydrogen) atoms. The van der Waals surface area contributed by atoms with Gasteiger partial charge in [-0.2, -0.15) is 0 Å². The first kappa shape index (κ1) is 15.3. The van der Waals surface area contributed by atoms with Gasteiger partial charge in [0.1, 0.15) is 0 Å². The molecule has 1 N–H and O–H groups in total. The highest BCUT2D eigenvalue weighted by atomic mass is 15.3. The molecule has 0 spiro atoms. The molecule has 112 valence electrons. The maximum Gasteiger partial charge on any atom is 0.0562 e. The molecule has 0 bridgehead atoms. The SMILES string of the molecule is CCCNCc1cc(N2CC(C)N(C)C(C)C2)ccn1. The summed E-state index contributed by atoms with van der Waals surface area (Å²) in [5, 5.41) is 3.42. The zero-order valence-electron chi connectivity index (χ0n) is 13.3.